The van der Waals surface area contributed by atoms with Crippen LogP contribution in [-0.2, 0) is 20.5 Å². The normalized spacial score (nSPS) is 15.3. The number of para-hydroxylation sites is 1. The van der Waals surface area contributed by atoms with Gasteiger partial charge in [0.25, 0.3) is 5.69 Å². The molecule has 0 amide bonds. The fourth-order valence-corrected chi connectivity index (χ4v) is 4.72. The van der Waals surface area contributed by atoms with Gasteiger partial charge in [-0.1, -0.05) is 48.5 Å². The fraction of sp³-hybridized carbons (Fsp3) is 0.182. The molecule has 1 aliphatic heterocycles. The summed E-state index contributed by atoms with van der Waals surface area (Å²) >= 11 is 0. The predicted molar refractivity (Wildman–Crippen MR) is 116 cm³/mol. The molecule has 0 saturated carbocycles. The number of nitro groups is 1. The van der Waals surface area contributed by atoms with E-state index in [-0.39, 0.29) is 35.6 Å². The number of hydrogen-bond acceptors (Lipinski definition) is 6. The van der Waals surface area contributed by atoms with Crippen LogP contribution in [0.1, 0.15) is 5.56 Å². The summed E-state index contributed by atoms with van der Waals surface area (Å²) in [4.78, 5) is 10.9. The average molecular weight is 440 g/mol. The van der Waals surface area contributed by atoms with Crippen molar-refractivity contribution in [2.75, 3.05) is 17.5 Å². The lowest BCUT2D eigenvalue weighted by atomic mass is 10.2. The second-order valence-electron chi connectivity index (χ2n) is 7.05. The lowest BCUT2D eigenvalue weighted by Gasteiger charge is -2.25. The molecule has 1 unspecified atom stereocenters. The van der Waals surface area contributed by atoms with E-state index in [0.717, 1.165) is 4.31 Å². The summed E-state index contributed by atoms with van der Waals surface area (Å²) < 4.78 is 38.8. The van der Waals surface area contributed by atoms with Gasteiger partial charge in [0.05, 0.1) is 34.7 Å². The van der Waals surface area contributed by atoms with Crippen LogP contribution >= 0.6 is 0 Å². The molecule has 0 N–H and O–H groups in total. The van der Waals surface area contributed by atoms with Gasteiger partial charge >= 0.3 is 0 Å². The van der Waals surface area contributed by atoms with E-state index in [1.165, 1.54) is 18.2 Å². The van der Waals surface area contributed by atoms with E-state index >= 15 is 0 Å². The number of non-ortho nitro benzene ring substituents is 1. The van der Waals surface area contributed by atoms with Crippen molar-refractivity contribution in [3.8, 4) is 5.75 Å². The summed E-state index contributed by atoms with van der Waals surface area (Å²) in [6.07, 6.45) is -0.0465. The molecular weight excluding hydrogens is 420 g/mol. The number of sulfonamides is 1. The Balaban J connectivity index is 1.78. The zero-order chi connectivity index (χ0) is 21.8. The third-order valence-electron chi connectivity index (χ3n) is 4.62. The first-order chi connectivity index (χ1) is 14.9. The van der Waals surface area contributed by atoms with Crippen LogP contribution in [0.4, 0.5) is 17.1 Å². The number of anilines is 2. The molecule has 1 heterocycles. The van der Waals surface area contributed by atoms with Crippen LogP contribution in [0.25, 0.3) is 0 Å². The molecule has 0 spiro atoms. The van der Waals surface area contributed by atoms with Crippen molar-refractivity contribution in [1.82, 2.24) is 0 Å². The molecule has 3 aromatic carbocycles. The van der Waals surface area contributed by atoms with Gasteiger partial charge in [-0.05, 0) is 17.7 Å². The standard InChI is InChI=1S/C22H20N2O6S/c25-24(26)20-11-19(12-21(13-20)29-14-22-15-30-22)23(18-9-5-2-6-10-18)31(27,28)16-17-7-3-1-4-8-17/h1-13,22H,14-16H2. The summed E-state index contributed by atoms with van der Waals surface area (Å²) in [7, 11) is -3.93. The molecule has 1 fully saturated rings. The third-order valence-corrected chi connectivity index (χ3v) is 6.30. The lowest BCUT2D eigenvalue weighted by molar-refractivity contribution is -0.384. The highest BCUT2D eigenvalue weighted by molar-refractivity contribution is 7.92. The van der Waals surface area contributed by atoms with E-state index in [1.807, 2.05) is 0 Å². The van der Waals surface area contributed by atoms with Gasteiger partial charge in [0.2, 0.25) is 10.0 Å². The fourth-order valence-electron chi connectivity index (χ4n) is 3.11. The van der Waals surface area contributed by atoms with Gasteiger partial charge in [0.15, 0.2) is 0 Å². The van der Waals surface area contributed by atoms with E-state index in [2.05, 4.69) is 0 Å². The molecule has 3 aromatic rings. The van der Waals surface area contributed by atoms with Gasteiger partial charge in [0.1, 0.15) is 18.5 Å². The minimum absolute atomic E-state index is 0.0465. The maximum absolute atomic E-state index is 13.5. The molecule has 0 bridgehead atoms. The van der Waals surface area contributed by atoms with E-state index in [4.69, 9.17) is 9.47 Å². The number of nitro benzene ring substituents is 1. The van der Waals surface area contributed by atoms with E-state index in [1.54, 1.807) is 60.7 Å². The van der Waals surface area contributed by atoms with E-state index in [0.29, 0.717) is 17.9 Å². The first-order valence-electron chi connectivity index (χ1n) is 9.58. The number of ether oxygens (including phenoxy) is 2. The zero-order valence-corrected chi connectivity index (χ0v) is 17.3. The SMILES string of the molecule is O=[N+]([O-])c1cc(OCC2CO2)cc(N(c2ccccc2)S(=O)(=O)Cc2ccccc2)c1. The Kier molecular flexibility index (Phi) is 5.88. The third kappa shape index (κ3) is 5.19. The Morgan fingerprint density at radius 3 is 2.26 bits per heavy atom. The molecule has 0 aliphatic carbocycles. The van der Waals surface area contributed by atoms with Crippen LogP contribution in [0.5, 0.6) is 5.75 Å². The number of hydrogen-bond donors (Lipinski definition) is 0. The molecule has 9 heteroatoms. The minimum atomic E-state index is -3.93. The number of epoxide rings is 1. The first-order valence-corrected chi connectivity index (χ1v) is 11.2. The molecule has 160 valence electrons. The van der Waals surface area contributed by atoms with Gasteiger partial charge in [-0.3, -0.25) is 10.1 Å². The molecular formula is C22H20N2O6S. The van der Waals surface area contributed by atoms with Crippen LogP contribution in [-0.4, -0.2) is 32.7 Å². The smallest absolute Gasteiger partial charge is 0.275 e. The van der Waals surface area contributed by atoms with E-state index in [9.17, 15) is 18.5 Å². The minimum Gasteiger partial charge on any atom is -0.490 e. The Morgan fingerprint density at radius 2 is 1.65 bits per heavy atom. The highest BCUT2D eigenvalue weighted by Gasteiger charge is 2.28. The van der Waals surface area contributed by atoms with Crippen molar-refractivity contribution >= 4 is 27.1 Å². The molecule has 0 radical (unpaired) electrons. The van der Waals surface area contributed by atoms with E-state index < -0.39 is 14.9 Å². The number of benzene rings is 3. The van der Waals surface area contributed by atoms with Gasteiger partial charge < -0.3 is 9.47 Å². The molecule has 1 atom stereocenters. The molecule has 1 aliphatic rings. The van der Waals surface area contributed by atoms with Crippen molar-refractivity contribution in [3.63, 3.8) is 0 Å². The van der Waals surface area contributed by atoms with Gasteiger partial charge in [0, 0.05) is 12.1 Å². The largest absolute Gasteiger partial charge is 0.490 e. The lowest BCUT2D eigenvalue weighted by Crippen LogP contribution is -2.27. The van der Waals surface area contributed by atoms with Crippen LogP contribution in [0.15, 0.2) is 78.9 Å². The quantitative estimate of drug-likeness (QED) is 0.283. The van der Waals surface area contributed by atoms with Crippen LogP contribution in [0.2, 0.25) is 0 Å². The Labute approximate surface area is 179 Å². The topological polar surface area (TPSA) is 102 Å². The Morgan fingerprint density at radius 1 is 1.00 bits per heavy atom. The van der Waals surface area contributed by atoms with Crippen molar-refractivity contribution in [1.29, 1.82) is 0 Å². The van der Waals surface area contributed by atoms with Crippen molar-refractivity contribution in [2.45, 2.75) is 11.9 Å². The zero-order valence-electron chi connectivity index (χ0n) is 16.5. The summed E-state index contributed by atoms with van der Waals surface area (Å²) in [5, 5.41) is 11.5. The highest BCUT2D eigenvalue weighted by Crippen LogP contribution is 2.36. The molecule has 4 rings (SSSR count). The number of nitrogens with zero attached hydrogens (tertiary/aromatic N) is 2. The second-order valence-corrected chi connectivity index (χ2v) is 8.87. The maximum Gasteiger partial charge on any atom is 0.275 e. The van der Waals surface area contributed by atoms with Crippen molar-refractivity contribution in [2.24, 2.45) is 0 Å². The maximum atomic E-state index is 13.5. The van der Waals surface area contributed by atoms with Gasteiger partial charge in [-0.15, -0.1) is 0 Å². The molecule has 8 nitrogen and oxygen atoms in total. The Hall–Kier alpha value is -3.43. The molecule has 31 heavy (non-hydrogen) atoms. The molecule has 0 aromatic heterocycles. The highest BCUT2D eigenvalue weighted by atomic mass is 32.2. The summed E-state index contributed by atoms with van der Waals surface area (Å²) in [6, 6.07) is 21.2. The van der Waals surface area contributed by atoms with Gasteiger partial charge in [-0.2, -0.15) is 0 Å². The summed E-state index contributed by atoms with van der Waals surface area (Å²) in [6.45, 7) is 0.812. The first kappa shape index (κ1) is 20.8. The van der Waals surface area contributed by atoms with Crippen LogP contribution in [0.3, 0.4) is 0 Å². The predicted octanol–water partition coefficient (Wildman–Crippen LogP) is 4.04. The van der Waals surface area contributed by atoms with Crippen LogP contribution < -0.4 is 9.04 Å². The number of rotatable bonds is 9. The Bertz CT molecular complexity index is 1170. The monoisotopic (exact) mass is 440 g/mol. The summed E-state index contributed by atoms with van der Waals surface area (Å²) in [5.41, 5.74) is 0.842. The van der Waals surface area contributed by atoms with Crippen molar-refractivity contribution in [3.05, 3.63) is 94.5 Å². The molecule has 1 saturated heterocycles. The average Bonchev–Trinajstić information content (AvgIpc) is 3.58. The second kappa shape index (κ2) is 8.75. The van der Waals surface area contributed by atoms with Gasteiger partial charge in [-0.25, -0.2) is 12.7 Å². The van der Waals surface area contributed by atoms with Crippen molar-refractivity contribution < 1.29 is 22.8 Å². The van der Waals surface area contributed by atoms with Crippen LogP contribution in [0, 0.1) is 10.1 Å². The summed E-state index contributed by atoms with van der Waals surface area (Å²) in [5.74, 6) is -0.0621.